The molecule has 6 aliphatic carbocycles. The average Bonchev–Trinajstić information content (AvgIpc) is 3.73. The van der Waals surface area contributed by atoms with Crippen LogP contribution >= 0.6 is 0 Å². The van der Waals surface area contributed by atoms with Gasteiger partial charge >= 0.3 is 17.9 Å². The largest absolute Gasteiger partial charge is 0.481 e. The number of carboxylic acid groups (broad SMARTS) is 1. The Labute approximate surface area is 224 Å². The van der Waals surface area contributed by atoms with Gasteiger partial charge in [0.15, 0.2) is 0 Å². The van der Waals surface area contributed by atoms with Crippen molar-refractivity contribution in [2.24, 2.45) is 53.1 Å². The predicted molar refractivity (Wildman–Crippen MR) is 140 cm³/mol. The third-order valence-corrected chi connectivity index (χ3v) is 9.85. The third kappa shape index (κ3) is 5.61. The fraction of sp³-hybridized carbons (Fsp3) is 0.733. The Hall–Kier alpha value is -2.48. The molecule has 1 aliphatic heterocycles. The van der Waals surface area contributed by atoms with Gasteiger partial charge in [-0.3, -0.25) is 19.2 Å². The summed E-state index contributed by atoms with van der Waals surface area (Å²) in [5.41, 5.74) is 5.63. The lowest BCUT2D eigenvalue weighted by molar-refractivity contribution is -0.154. The number of carbonyl (C=O) groups excluding carboxylic acids is 3. The number of carboxylic acids is 1. The van der Waals surface area contributed by atoms with Gasteiger partial charge in [-0.1, -0.05) is 62.8 Å². The Morgan fingerprint density at radius 3 is 1.71 bits per heavy atom. The van der Waals surface area contributed by atoms with Gasteiger partial charge < -0.3 is 20.9 Å². The van der Waals surface area contributed by atoms with Crippen molar-refractivity contribution in [2.45, 2.75) is 89.1 Å². The first-order chi connectivity index (χ1) is 18.3. The maximum Gasteiger partial charge on any atom is 0.318 e. The molecular formula is C30H42N2O6. The van der Waals surface area contributed by atoms with Crippen LogP contribution in [0.2, 0.25) is 0 Å². The predicted octanol–water partition coefficient (Wildman–Crippen LogP) is 3.74. The zero-order valence-electron chi connectivity index (χ0n) is 22.1. The van der Waals surface area contributed by atoms with Crippen molar-refractivity contribution in [3.8, 4) is 0 Å². The Bertz CT molecular complexity index is 951. The maximum atomic E-state index is 12.4. The summed E-state index contributed by atoms with van der Waals surface area (Å²) in [5, 5.41) is 12.4. The zero-order chi connectivity index (χ0) is 26.8. The van der Waals surface area contributed by atoms with Crippen LogP contribution in [0.4, 0.5) is 0 Å². The highest BCUT2D eigenvalue weighted by molar-refractivity contribution is 5.98. The van der Waals surface area contributed by atoms with E-state index in [0.29, 0.717) is 6.04 Å². The van der Waals surface area contributed by atoms with Gasteiger partial charge in [-0.15, -0.1) is 0 Å². The van der Waals surface area contributed by atoms with Crippen molar-refractivity contribution >= 4 is 23.8 Å². The molecule has 7 aliphatic rings. The number of rotatable bonds is 3. The monoisotopic (exact) mass is 526 g/mol. The van der Waals surface area contributed by atoms with Crippen LogP contribution in [0.3, 0.4) is 0 Å². The minimum absolute atomic E-state index is 0.0313. The summed E-state index contributed by atoms with van der Waals surface area (Å²) >= 11 is 0. The van der Waals surface area contributed by atoms with E-state index in [1.807, 2.05) is 24.3 Å². The van der Waals surface area contributed by atoms with Crippen LogP contribution in [0.1, 0.15) is 77.0 Å². The van der Waals surface area contributed by atoms with Crippen molar-refractivity contribution < 1.29 is 29.0 Å². The molecule has 4 N–H and O–H groups in total. The minimum atomic E-state index is -0.819. The summed E-state index contributed by atoms with van der Waals surface area (Å²) in [6.07, 6.45) is 22.3. The van der Waals surface area contributed by atoms with E-state index in [2.05, 4.69) is 10.1 Å². The highest BCUT2D eigenvalue weighted by atomic mass is 16.6. The van der Waals surface area contributed by atoms with Gasteiger partial charge in [-0.25, -0.2) is 0 Å². The number of aliphatic carboxylic acids is 1. The number of ether oxygens (including phenoxy) is 1. The number of cyclic esters (lactones) is 2. The molecular weight excluding hydrogens is 484 g/mol. The number of fused-ring (bicyclic) bond motifs is 7. The molecule has 0 aromatic heterocycles. The molecule has 0 radical (unpaired) electrons. The highest BCUT2D eigenvalue weighted by Crippen LogP contribution is 2.51. The van der Waals surface area contributed by atoms with Crippen molar-refractivity contribution in [1.82, 2.24) is 5.32 Å². The van der Waals surface area contributed by atoms with Crippen molar-refractivity contribution in [3.63, 3.8) is 0 Å². The molecule has 7 rings (SSSR count). The molecule has 8 heteroatoms. The molecule has 1 heterocycles. The lowest BCUT2D eigenvalue weighted by Crippen LogP contribution is -2.45. The summed E-state index contributed by atoms with van der Waals surface area (Å²) in [4.78, 5) is 46.2. The van der Waals surface area contributed by atoms with Gasteiger partial charge in [-0.2, -0.15) is 0 Å². The summed E-state index contributed by atoms with van der Waals surface area (Å²) in [6, 6.07) is 0.799. The van der Waals surface area contributed by atoms with Gasteiger partial charge in [0, 0.05) is 12.1 Å². The van der Waals surface area contributed by atoms with Crippen molar-refractivity contribution in [2.75, 3.05) is 0 Å². The topological polar surface area (TPSA) is 136 Å². The molecule has 38 heavy (non-hydrogen) atoms. The normalized spacial score (nSPS) is 38.7. The quantitative estimate of drug-likeness (QED) is 0.289. The molecule has 1 amide bonds. The number of hydrogen-bond acceptors (Lipinski definition) is 6. The molecule has 5 fully saturated rings. The number of nitrogens with two attached hydrogens (primary N) is 1. The van der Waals surface area contributed by atoms with Crippen LogP contribution in [0.5, 0.6) is 0 Å². The lowest BCUT2D eigenvalue weighted by Gasteiger charge is -2.28. The number of nitrogens with one attached hydrogen (secondary N) is 1. The second-order valence-electron chi connectivity index (χ2n) is 12.3. The molecule has 4 saturated carbocycles. The Morgan fingerprint density at radius 2 is 1.21 bits per heavy atom. The van der Waals surface area contributed by atoms with Gasteiger partial charge in [0.2, 0.25) is 5.91 Å². The number of amides is 1. The Morgan fingerprint density at radius 1 is 0.737 bits per heavy atom. The molecule has 208 valence electrons. The third-order valence-electron chi connectivity index (χ3n) is 9.85. The first-order valence-corrected chi connectivity index (χ1v) is 14.7. The smallest absolute Gasteiger partial charge is 0.318 e. The van der Waals surface area contributed by atoms with Crippen LogP contribution in [-0.2, 0) is 23.9 Å². The van der Waals surface area contributed by atoms with Crippen LogP contribution in [0.25, 0.3) is 0 Å². The molecule has 8 atom stereocenters. The Balaban J connectivity index is 0.000000131. The van der Waals surface area contributed by atoms with E-state index in [1.165, 1.54) is 51.4 Å². The van der Waals surface area contributed by atoms with E-state index in [9.17, 15) is 24.3 Å². The summed E-state index contributed by atoms with van der Waals surface area (Å²) in [6.45, 7) is 0. The standard InChI is InChI=1S/C15H21NO3.C9H8O3.C6H13N/c17-14(16-11-4-2-1-3-5-11)12-9-6-7-10(8-9)13(12)15(18)19;10-8-6-4-1-2-5(3-4)7(6)9(11)12-8;7-6-4-2-1-3-5-6/h6-7,9-13H,1-5,8H2,(H,16,17)(H,18,19);1-2,4-7H,3H2;6H,1-5,7H2. The molecule has 1 saturated heterocycles. The van der Waals surface area contributed by atoms with E-state index < -0.39 is 11.9 Å². The van der Waals surface area contributed by atoms with Crippen LogP contribution < -0.4 is 11.1 Å². The first kappa shape index (κ1) is 27.1. The summed E-state index contributed by atoms with van der Waals surface area (Å²) < 4.78 is 4.59. The molecule has 0 aromatic rings. The molecule has 8 nitrogen and oxygen atoms in total. The van der Waals surface area contributed by atoms with E-state index in [0.717, 1.165) is 25.7 Å². The highest BCUT2D eigenvalue weighted by Gasteiger charge is 2.58. The van der Waals surface area contributed by atoms with Gasteiger partial charge in [0.1, 0.15) is 0 Å². The molecule has 8 unspecified atom stereocenters. The van der Waals surface area contributed by atoms with Crippen LogP contribution in [0.15, 0.2) is 24.3 Å². The van der Waals surface area contributed by atoms with E-state index in [4.69, 9.17) is 5.73 Å². The molecule has 0 aromatic carbocycles. The second-order valence-corrected chi connectivity index (χ2v) is 12.3. The SMILES string of the molecule is NC1CCCCC1.O=C(O)C1C2C=CC(C2)C1C(=O)NC1CCCCC1.O=C1OC(=O)C2C3C=CC(C3)C12. The first-order valence-electron chi connectivity index (χ1n) is 14.7. The maximum absolute atomic E-state index is 12.4. The fourth-order valence-electron chi connectivity index (χ4n) is 7.89. The Kier molecular flexibility index (Phi) is 8.36. The number of allylic oxidation sites excluding steroid dienone is 4. The number of hydrogen-bond donors (Lipinski definition) is 3. The second kappa shape index (κ2) is 11.7. The summed E-state index contributed by atoms with van der Waals surface area (Å²) in [7, 11) is 0. The van der Waals surface area contributed by atoms with E-state index >= 15 is 0 Å². The lowest BCUT2D eigenvalue weighted by atomic mass is 9.82. The van der Waals surface area contributed by atoms with Gasteiger partial charge in [-0.05, 0) is 62.2 Å². The van der Waals surface area contributed by atoms with E-state index in [1.54, 1.807) is 0 Å². The van der Waals surface area contributed by atoms with Gasteiger partial charge in [0.25, 0.3) is 0 Å². The number of carbonyl (C=O) groups is 4. The minimum Gasteiger partial charge on any atom is -0.481 e. The average molecular weight is 527 g/mol. The molecule has 4 bridgehead atoms. The summed E-state index contributed by atoms with van der Waals surface area (Å²) in [5.74, 6) is -1.87. The van der Waals surface area contributed by atoms with Gasteiger partial charge in [0.05, 0.1) is 23.7 Å². The number of esters is 2. The molecule has 0 spiro atoms. The zero-order valence-corrected chi connectivity index (χ0v) is 22.1. The van der Waals surface area contributed by atoms with Crippen molar-refractivity contribution in [1.29, 1.82) is 0 Å². The van der Waals surface area contributed by atoms with Crippen LogP contribution in [0, 0.1) is 47.3 Å². The van der Waals surface area contributed by atoms with Crippen LogP contribution in [-0.4, -0.2) is 41.0 Å². The van der Waals surface area contributed by atoms with E-state index in [-0.39, 0.29) is 65.3 Å². The van der Waals surface area contributed by atoms with Crippen molar-refractivity contribution in [3.05, 3.63) is 24.3 Å². The fourth-order valence-corrected chi connectivity index (χ4v) is 7.89.